The van der Waals surface area contributed by atoms with Gasteiger partial charge in [0.2, 0.25) is 0 Å². The number of benzene rings is 1. The maximum atomic E-state index is 4.93. The lowest BCUT2D eigenvalue weighted by Crippen LogP contribution is -2.19. The molecule has 1 aromatic rings. The molecule has 0 N–H and O–H groups in total. The quantitative estimate of drug-likeness (QED) is 0.483. The van der Waals surface area contributed by atoms with Crippen LogP contribution in [0.1, 0.15) is 56.6 Å². The normalized spacial score (nSPS) is 21.0. The van der Waals surface area contributed by atoms with Gasteiger partial charge in [0.05, 0.1) is 12.3 Å². The third-order valence-electron chi connectivity index (χ3n) is 6.47. The van der Waals surface area contributed by atoms with E-state index in [0.29, 0.717) is 6.54 Å². The van der Waals surface area contributed by atoms with Gasteiger partial charge < -0.3 is 4.90 Å². The predicted octanol–water partition coefficient (Wildman–Crippen LogP) is 6.42. The largest absolute Gasteiger partial charge is 0.375 e. The average molecular weight is 414 g/mol. The van der Waals surface area contributed by atoms with E-state index < -0.39 is 0 Å². The van der Waals surface area contributed by atoms with Gasteiger partial charge in [0.25, 0.3) is 0 Å². The SMILES string of the molecule is C=C1C[C@H](CCCC2=C(C3=NCC(c4ccc(C)cc4)=N3)C=CCC=C2)CN1CCC. The summed E-state index contributed by atoms with van der Waals surface area (Å²) in [6.07, 6.45) is 15.9. The number of rotatable bonds is 8. The highest BCUT2D eigenvalue weighted by Crippen LogP contribution is 2.30. The van der Waals surface area contributed by atoms with Gasteiger partial charge in [0.1, 0.15) is 0 Å². The highest BCUT2D eigenvalue weighted by Gasteiger charge is 2.24. The van der Waals surface area contributed by atoms with E-state index >= 15 is 0 Å². The molecule has 0 aromatic heterocycles. The van der Waals surface area contributed by atoms with Crippen molar-refractivity contribution in [2.24, 2.45) is 15.9 Å². The second kappa shape index (κ2) is 10.1. The molecule has 2 heterocycles. The fourth-order valence-electron chi connectivity index (χ4n) is 4.76. The molecular formula is C28H35N3. The van der Waals surface area contributed by atoms with E-state index in [2.05, 4.69) is 73.9 Å². The Morgan fingerprint density at radius 1 is 1.13 bits per heavy atom. The second-order valence-corrected chi connectivity index (χ2v) is 9.02. The first kappa shape index (κ1) is 21.5. The summed E-state index contributed by atoms with van der Waals surface area (Å²) in [7, 11) is 0. The van der Waals surface area contributed by atoms with Gasteiger partial charge in [-0.3, -0.25) is 4.99 Å². The number of hydrogen-bond acceptors (Lipinski definition) is 3. The van der Waals surface area contributed by atoms with E-state index in [9.17, 15) is 0 Å². The van der Waals surface area contributed by atoms with Crippen molar-refractivity contribution in [1.29, 1.82) is 0 Å². The molecule has 1 atom stereocenters. The molecule has 0 bridgehead atoms. The minimum absolute atomic E-state index is 0.671. The molecule has 3 nitrogen and oxygen atoms in total. The number of aliphatic imine (C=N–C) groups is 2. The fourth-order valence-corrected chi connectivity index (χ4v) is 4.76. The van der Waals surface area contributed by atoms with Crippen LogP contribution in [-0.4, -0.2) is 36.1 Å². The number of amidine groups is 1. The molecule has 1 aliphatic carbocycles. The van der Waals surface area contributed by atoms with Crippen molar-refractivity contribution in [1.82, 2.24) is 4.90 Å². The zero-order chi connectivity index (χ0) is 21.6. The zero-order valence-electron chi connectivity index (χ0n) is 19.1. The van der Waals surface area contributed by atoms with E-state index in [4.69, 9.17) is 9.98 Å². The van der Waals surface area contributed by atoms with Crippen molar-refractivity contribution in [3.63, 3.8) is 0 Å². The Hall–Kier alpha value is -2.68. The van der Waals surface area contributed by atoms with Gasteiger partial charge in [-0.15, -0.1) is 0 Å². The second-order valence-electron chi connectivity index (χ2n) is 9.02. The lowest BCUT2D eigenvalue weighted by Gasteiger charge is -2.18. The Morgan fingerprint density at radius 2 is 1.94 bits per heavy atom. The van der Waals surface area contributed by atoms with Crippen LogP contribution in [0.25, 0.3) is 0 Å². The summed E-state index contributed by atoms with van der Waals surface area (Å²) >= 11 is 0. The molecule has 0 amide bonds. The van der Waals surface area contributed by atoms with Crippen molar-refractivity contribution in [2.45, 2.75) is 52.4 Å². The van der Waals surface area contributed by atoms with Crippen LogP contribution in [0.2, 0.25) is 0 Å². The molecule has 0 saturated carbocycles. The van der Waals surface area contributed by atoms with E-state index in [0.717, 1.165) is 36.9 Å². The zero-order valence-corrected chi connectivity index (χ0v) is 19.1. The summed E-state index contributed by atoms with van der Waals surface area (Å²) in [6, 6.07) is 8.60. The molecular weight excluding hydrogens is 378 g/mol. The van der Waals surface area contributed by atoms with Crippen molar-refractivity contribution in [3.8, 4) is 0 Å². The monoisotopic (exact) mass is 413 g/mol. The number of aryl methyl sites for hydroxylation is 1. The summed E-state index contributed by atoms with van der Waals surface area (Å²) in [5, 5.41) is 0. The van der Waals surface area contributed by atoms with E-state index in [1.807, 2.05) is 0 Å². The van der Waals surface area contributed by atoms with Crippen molar-refractivity contribution in [2.75, 3.05) is 19.6 Å². The van der Waals surface area contributed by atoms with Crippen LogP contribution in [0.3, 0.4) is 0 Å². The number of nitrogens with zero attached hydrogens (tertiary/aromatic N) is 3. The first-order valence-corrected chi connectivity index (χ1v) is 11.8. The molecule has 0 spiro atoms. The molecule has 1 saturated heterocycles. The van der Waals surface area contributed by atoms with Crippen LogP contribution in [0.4, 0.5) is 0 Å². The molecule has 1 fully saturated rings. The van der Waals surface area contributed by atoms with Crippen molar-refractivity contribution >= 4 is 11.5 Å². The first-order valence-electron chi connectivity index (χ1n) is 11.8. The number of likely N-dealkylation sites (tertiary alicyclic amines) is 1. The van der Waals surface area contributed by atoms with E-state index in [1.165, 1.54) is 60.2 Å². The van der Waals surface area contributed by atoms with Gasteiger partial charge in [-0.1, -0.05) is 67.6 Å². The van der Waals surface area contributed by atoms with Gasteiger partial charge in [0, 0.05) is 24.4 Å². The smallest absolute Gasteiger partial charge is 0.155 e. The molecule has 2 aliphatic heterocycles. The topological polar surface area (TPSA) is 28.0 Å². The summed E-state index contributed by atoms with van der Waals surface area (Å²) in [6.45, 7) is 11.7. The van der Waals surface area contributed by atoms with Gasteiger partial charge in [-0.05, 0) is 62.5 Å². The Balaban J connectivity index is 1.43. The van der Waals surface area contributed by atoms with E-state index in [-0.39, 0.29) is 0 Å². The molecule has 3 aliphatic rings. The third kappa shape index (κ3) is 5.33. The Labute approximate surface area is 187 Å². The number of hydrogen-bond donors (Lipinski definition) is 0. The first-order chi connectivity index (χ1) is 15.1. The summed E-state index contributed by atoms with van der Waals surface area (Å²) in [4.78, 5) is 12.2. The molecule has 31 heavy (non-hydrogen) atoms. The van der Waals surface area contributed by atoms with Gasteiger partial charge in [-0.2, -0.15) is 0 Å². The van der Waals surface area contributed by atoms with Crippen molar-refractivity contribution < 1.29 is 0 Å². The molecule has 1 aromatic carbocycles. The van der Waals surface area contributed by atoms with E-state index in [1.54, 1.807) is 0 Å². The third-order valence-corrected chi connectivity index (χ3v) is 6.47. The Kier molecular flexibility index (Phi) is 7.01. The molecule has 162 valence electrons. The summed E-state index contributed by atoms with van der Waals surface area (Å²) in [5.41, 5.74) is 7.45. The van der Waals surface area contributed by atoms with Crippen LogP contribution >= 0.6 is 0 Å². The maximum Gasteiger partial charge on any atom is 0.155 e. The van der Waals surface area contributed by atoms with Crippen LogP contribution < -0.4 is 0 Å². The van der Waals surface area contributed by atoms with Crippen LogP contribution in [-0.2, 0) is 0 Å². The molecule has 0 radical (unpaired) electrons. The highest BCUT2D eigenvalue weighted by atomic mass is 15.2. The highest BCUT2D eigenvalue weighted by molar-refractivity contribution is 6.18. The molecule has 4 rings (SSSR count). The van der Waals surface area contributed by atoms with Crippen LogP contribution in [0.5, 0.6) is 0 Å². The number of allylic oxidation sites excluding steroid dienone is 5. The summed E-state index contributed by atoms with van der Waals surface area (Å²) < 4.78 is 0. The standard InChI is InChI=1S/C28H35N3/c1-4-17-31-20-23(18-22(31)3)9-8-11-24-10-6-5-7-12-26(24)28-29-19-27(30-28)25-15-13-21(2)14-16-25/h6-7,10,12-16,23H,3-5,8-9,11,17-20H2,1-2H3/t23-/m0/s1. The molecule has 0 unspecified atom stereocenters. The Bertz CT molecular complexity index is 956. The van der Waals surface area contributed by atoms with Gasteiger partial charge in [-0.25, -0.2) is 4.99 Å². The average Bonchev–Trinajstić information content (AvgIpc) is 3.30. The minimum Gasteiger partial charge on any atom is -0.375 e. The fraction of sp³-hybridized carbons (Fsp3) is 0.429. The lowest BCUT2D eigenvalue weighted by molar-refractivity contribution is 0.355. The van der Waals surface area contributed by atoms with Gasteiger partial charge >= 0.3 is 0 Å². The van der Waals surface area contributed by atoms with Crippen LogP contribution in [0.15, 0.2) is 82.0 Å². The minimum atomic E-state index is 0.671. The van der Waals surface area contributed by atoms with Crippen LogP contribution in [0, 0.1) is 12.8 Å². The lowest BCUT2D eigenvalue weighted by atomic mass is 9.96. The Morgan fingerprint density at radius 3 is 2.74 bits per heavy atom. The molecule has 3 heteroatoms. The van der Waals surface area contributed by atoms with Gasteiger partial charge in [0.15, 0.2) is 5.84 Å². The summed E-state index contributed by atoms with van der Waals surface area (Å²) in [5.74, 6) is 1.65. The van der Waals surface area contributed by atoms with Crippen molar-refractivity contribution in [3.05, 3.63) is 83.1 Å². The maximum absolute atomic E-state index is 4.93. The predicted molar refractivity (Wildman–Crippen MR) is 133 cm³/mol.